The molecule has 0 amide bonds. The van der Waals surface area contributed by atoms with Crippen molar-refractivity contribution < 1.29 is 0 Å². The van der Waals surface area contributed by atoms with Crippen molar-refractivity contribution in [1.82, 2.24) is 0 Å². The van der Waals surface area contributed by atoms with E-state index in [9.17, 15) is 0 Å². The molecule has 0 saturated heterocycles. The van der Waals surface area contributed by atoms with Crippen molar-refractivity contribution in [2.24, 2.45) is 0 Å². The molecule has 0 saturated carbocycles. The second-order valence-corrected chi connectivity index (χ2v) is 5.48. The average Bonchev–Trinajstić information content (AvgIpc) is 2.44. The van der Waals surface area contributed by atoms with Crippen LogP contribution in [0, 0.1) is 6.58 Å². The van der Waals surface area contributed by atoms with E-state index in [1.807, 2.05) is 0 Å². The minimum atomic E-state index is 0.873. The summed E-state index contributed by atoms with van der Waals surface area (Å²) in [6, 6.07) is 8.90. The van der Waals surface area contributed by atoms with E-state index in [4.69, 9.17) is 6.58 Å². The van der Waals surface area contributed by atoms with E-state index in [-0.39, 0.29) is 0 Å². The zero-order valence-corrected chi connectivity index (χ0v) is 12.5. The van der Waals surface area contributed by atoms with Crippen molar-refractivity contribution in [2.75, 3.05) is 0 Å². The third kappa shape index (κ3) is 7.87. The van der Waals surface area contributed by atoms with Crippen LogP contribution >= 0.6 is 0 Å². The van der Waals surface area contributed by atoms with Gasteiger partial charge in [0.15, 0.2) is 0 Å². The Morgan fingerprint density at radius 2 is 1.32 bits per heavy atom. The first-order valence-electron chi connectivity index (χ1n) is 7.98. The van der Waals surface area contributed by atoms with Gasteiger partial charge in [0.2, 0.25) is 0 Å². The van der Waals surface area contributed by atoms with Gasteiger partial charge >= 0.3 is 0 Å². The molecular weight excluding hydrogens is 228 g/mol. The monoisotopic (exact) mass is 257 g/mol. The van der Waals surface area contributed by atoms with Crippen molar-refractivity contribution in [3.05, 3.63) is 48.0 Å². The predicted molar refractivity (Wildman–Crippen MR) is 85.3 cm³/mol. The molecule has 1 rings (SSSR count). The molecule has 1 aromatic carbocycles. The normalized spacial score (nSPS) is 10.6. The van der Waals surface area contributed by atoms with Gasteiger partial charge in [-0.05, 0) is 30.4 Å². The van der Waals surface area contributed by atoms with Gasteiger partial charge in [0.25, 0.3) is 0 Å². The van der Waals surface area contributed by atoms with Gasteiger partial charge in [0.1, 0.15) is 0 Å². The highest BCUT2D eigenvalue weighted by molar-refractivity contribution is 5.23. The van der Waals surface area contributed by atoms with E-state index >= 15 is 0 Å². The van der Waals surface area contributed by atoms with E-state index in [0.29, 0.717) is 0 Å². The van der Waals surface area contributed by atoms with E-state index < -0.39 is 0 Å². The van der Waals surface area contributed by atoms with Crippen LogP contribution in [0.1, 0.15) is 69.4 Å². The molecule has 1 radical (unpaired) electrons. The van der Waals surface area contributed by atoms with Crippen LogP contribution < -0.4 is 0 Å². The van der Waals surface area contributed by atoms with Crippen molar-refractivity contribution in [3.8, 4) is 0 Å². The van der Waals surface area contributed by atoms with Crippen LogP contribution in [0.15, 0.2) is 30.3 Å². The minimum Gasteiger partial charge on any atom is -0.0801 e. The van der Waals surface area contributed by atoms with Crippen LogP contribution in [0.5, 0.6) is 0 Å². The molecule has 19 heavy (non-hydrogen) atoms. The third-order valence-electron chi connectivity index (χ3n) is 3.70. The number of allylic oxidation sites excluding steroid dienone is 1. The highest BCUT2D eigenvalue weighted by Gasteiger charge is 1.95. The summed E-state index contributed by atoms with van der Waals surface area (Å²) in [5.41, 5.74) is 2.77. The van der Waals surface area contributed by atoms with E-state index in [2.05, 4.69) is 31.2 Å². The first-order valence-corrected chi connectivity index (χ1v) is 7.98. The Morgan fingerprint density at radius 3 is 1.89 bits per heavy atom. The van der Waals surface area contributed by atoms with Crippen LogP contribution in [-0.2, 0) is 12.8 Å². The highest BCUT2D eigenvalue weighted by atomic mass is 14.0. The molecule has 0 aromatic heterocycles. The van der Waals surface area contributed by atoms with Crippen molar-refractivity contribution >= 4 is 0 Å². The topological polar surface area (TPSA) is 0 Å². The summed E-state index contributed by atoms with van der Waals surface area (Å²) in [6.07, 6.45) is 15.0. The molecule has 1 aromatic rings. The fraction of sp³-hybridized carbons (Fsp3) is 0.579. The van der Waals surface area contributed by atoms with E-state index in [1.54, 1.807) is 6.08 Å². The molecule has 0 N–H and O–H groups in total. The standard InChI is InChI=1S/C19H29/c1-3-5-6-7-8-9-10-11-13-19-16-14-18(12-4-2)15-17-19/h2,4,14-17H,3,5-13H2,1H3. The van der Waals surface area contributed by atoms with Gasteiger partial charge in [-0.3, -0.25) is 0 Å². The first-order chi connectivity index (χ1) is 9.36. The summed E-state index contributed by atoms with van der Waals surface area (Å²) in [7, 11) is 0. The van der Waals surface area contributed by atoms with Crippen LogP contribution in [0.25, 0.3) is 0 Å². The second-order valence-electron chi connectivity index (χ2n) is 5.48. The van der Waals surface area contributed by atoms with Gasteiger partial charge in [-0.1, -0.05) is 88.8 Å². The zero-order chi connectivity index (χ0) is 13.8. The molecule has 0 aliphatic carbocycles. The molecule has 0 fully saturated rings. The van der Waals surface area contributed by atoms with Gasteiger partial charge in [-0.15, -0.1) is 0 Å². The average molecular weight is 257 g/mol. The first kappa shape index (κ1) is 16.0. The lowest BCUT2D eigenvalue weighted by Gasteiger charge is -2.04. The smallest absolute Gasteiger partial charge is 0.00943 e. The molecule has 105 valence electrons. The molecule has 0 atom stereocenters. The number of hydrogen-bond donors (Lipinski definition) is 0. The maximum Gasteiger partial charge on any atom is -0.00943 e. The minimum absolute atomic E-state index is 0.873. The Morgan fingerprint density at radius 1 is 0.789 bits per heavy atom. The summed E-state index contributed by atoms with van der Waals surface area (Å²) in [5, 5.41) is 0. The van der Waals surface area contributed by atoms with Crippen molar-refractivity contribution in [2.45, 2.75) is 71.1 Å². The van der Waals surface area contributed by atoms with E-state index in [1.165, 1.54) is 68.9 Å². The van der Waals surface area contributed by atoms with Crippen LogP contribution in [0.3, 0.4) is 0 Å². The Kier molecular flexibility index (Phi) is 9.14. The third-order valence-corrected chi connectivity index (χ3v) is 3.70. The fourth-order valence-electron chi connectivity index (χ4n) is 2.44. The van der Waals surface area contributed by atoms with Crippen LogP contribution in [0.2, 0.25) is 0 Å². The van der Waals surface area contributed by atoms with E-state index in [0.717, 1.165) is 6.42 Å². The molecule has 0 unspecified atom stereocenters. The Bertz CT molecular complexity index is 320. The Labute approximate surface area is 119 Å². The summed E-state index contributed by atoms with van der Waals surface area (Å²) in [4.78, 5) is 0. The molecule has 0 heterocycles. The summed E-state index contributed by atoms with van der Waals surface area (Å²) >= 11 is 0. The molecule has 0 aliphatic heterocycles. The maximum absolute atomic E-state index is 5.43. The second kappa shape index (κ2) is 10.8. The lowest BCUT2D eigenvalue weighted by atomic mass is 10.0. The van der Waals surface area contributed by atoms with Crippen LogP contribution in [-0.4, -0.2) is 0 Å². The quantitative estimate of drug-likeness (QED) is 0.433. The summed E-state index contributed by atoms with van der Waals surface area (Å²) < 4.78 is 0. The summed E-state index contributed by atoms with van der Waals surface area (Å²) in [6.45, 7) is 7.71. The molecule has 0 heteroatoms. The lowest BCUT2D eigenvalue weighted by Crippen LogP contribution is -1.88. The van der Waals surface area contributed by atoms with Gasteiger partial charge < -0.3 is 0 Å². The molecule has 0 bridgehead atoms. The fourth-order valence-corrected chi connectivity index (χ4v) is 2.44. The zero-order valence-electron chi connectivity index (χ0n) is 12.5. The molecule has 0 aliphatic rings. The SMILES string of the molecule is [CH]=CCc1ccc(CCCCCCCCCC)cc1. The molecule has 0 spiro atoms. The van der Waals surface area contributed by atoms with Gasteiger partial charge in [0.05, 0.1) is 0 Å². The Balaban J connectivity index is 2.04. The lowest BCUT2D eigenvalue weighted by molar-refractivity contribution is 0.575. The highest BCUT2D eigenvalue weighted by Crippen LogP contribution is 2.12. The number of unbranched alkanes of at least 4 members (excludes halogenated alkanes) is 7. The van der Waals surface area contributed by atoms with Gasteiger partial charge in [-0.2, -0.15) is 0 Å². The largest absolute Gasteiger partial charge is 0.0801 e. The van der Waals surface area contributed by atoms with Crippen molar-refractivity contribution in [1.29, 1.82) is 0 Å². The Hall–Kier alpha value is -1.04. The van der Waals surface area contributed by atoms with Crippen LogP contribution in [0.4, 0.5) is 0 Å². The van der Waals surface area contributed by atoms with Crippen molar-refractivity contribution in [3.63, 3.8) is 0 Å². The maximum atomic E-state index is 5.43. The van der Waals surface area contributed by atoms with Gasteiger partial charge in [0, 0.05) is 0 Å². The number of benzene rings is 1. The summed E-state index contributed by atoms with van der Waals surface area (Å²) in [5.74, 6) is 0. The molecular formula is C19H29. The predicted octanol–water partition coefficient (Wildman–Crippen LogP) is 5.90. The van der Waals surface area contributed by atoms with Gasteiger partial charge in [-0.25, -0.2) is 0 Å². The number of hydrogen-bond acceptors (Lipinski definition) is 0. The molecule has 0 nitrogen and oxygen atoms in total. The number of aryl methyl sites for hydroxylation is 1. The number of rotatable bonds is 11.